The lowest BCUT2D eigenvalue weighted by Gasteiger charge is -2.40. The van der Waals surface area contributed by atoms with E-state index in [9.17, 15) is 4.79 Å². The van der Waals surface area contributed by atoms with Crippen molar-refractivity contribution in [2.75, 3.05) is 6.61 Å². The Morgan fingerprint density at radius 2 is 2.17 bits per heavy atom. The molecule has 0 spiro atoms. The smallest absolute Gasteiger partial charge is 0.330 e. The minimum absolute atomic E-state index is 0.220. The van der Waals surface area contributed by atoms with Gasteiger partial charge in [-0.1, -0.05) is 32.8 Å². The number of esters is 1. The number of rotatable bonds is 5. The summed E-state index contributed by atoms with van der Waals surface area (Å²) >= 11 is 0. The van der Waals surface area contributed by atoms with Crippen molar-refractivity contribution in [3.63, 3.8) is 0 Å². The molecule has 1 fully saturated rings. The van der Waals surface area contributed by atoms with Gasteiger partial charge in [0.1, 0.15) is 5.60 Å². The first-order valence-corrected chi connectivity index (χ1v) is 7.02. The van der Waals surface area contributed by atoms with E-state index in [1.807, 2.05) is 13.8 Å². The molecule has 1 heterocycles. The predicted octanol–water partition coefficient (Wildman–Crippen LogP) is 3.48. The van der Waals surface area contributed by atoms with Gasteiger partial charge in [0.05, 0.1) is 12.7 Å². The highest BCUT2D eigenvalue weighted by molar-refractivity contribution is 5.82. The summed E-state index contributed by atoms with van der Waals surface area (Å²) in [6.45, 7) is 8.90. The van der Waals surface area contributed by atoms with E-state index in [2.05, 4.69) is 13.8 Å². The second-order valence-electron chi connectivity index (χ2n) is 5.31. The van der Waals surface area contributed by atoms with Crippen molar-refractivity contribution in [3.05, 3.63) is 12.2 Å². The van der Waals surface area contributed by atoms with Gasteiger partial charge in [-0.25, -0.2) is 4.79 Å². The third-order valence-electron chi connectivity index (χ3n) is 3.82. The van der Waals surface area contributed by atoms with Gasteiger partial charge < -0.3 is 9.47 Å². The molecular formula is C15H26O3. The Labute approximate surface area is 111 Å². The molecule has 3 heteroatoms. The van der Waals surface area contributed by atoms with E-state index in [4.69, 9.17) is 9.47 Å². The van der Waals surface area contributed by atoms with Crippen LogP contribution in [0.5, 0.6) is 0 Å². The molecule has 2 unspecified atom stereocenters. The monoisotopic (exact) mass is 254 g/mol. The average molecular weight is 254 g/mol. The van der Waals surface area contributed by atoms with Crippen molar-refractivity contribution >= 4 is 5.97 Å². The largest absolute Gasteiger partial charge is 0.456 e. The van der Waals surface area contributed by atoms with Gasteiger partial charge in [0.2, 0.25) is 0 Å². The number of allylic oxidation sites excluding steroid dienone is 1. The van der Waals surface area contributed by atoms with E-state index in [1.165, 1.54) is 6.08 Å². The molecule has 3 nitrogen and oxygen atoms in total. The Kier molecular flexibility index (Phi) is 5.86. The molecule has 0 aromatic carbocycles. The second kappa shape index (κ2) is 6.93. The van der Waals surface area contributed by atoms with Crippen molar-refractivity contribution in [1.82, 2.24) is 0 Å². The molecule has 104 valence electrons. The zero-order valence-corrected chi connectivity index (χ0v) is 12.1. The van der Waals surface area contributed by atoms with Crippen molar-refractivity contribution in [2.45, 2.75) is 65.1 Å². The second-order valence-corrected chi connectivity index (χ2v) is 5.31. The molecule has 0 aromatic heterocycles. The van der Waals surface area contributed by atoms with Crippen LogP contribution in [0.25, 0.3) is 0 Å². The zero-order valence-electron chi connectivity index (χ0n) is 12.1. The van der Waals surface area contributed by atoms with Crippen LogP contribution >= 0.6 is 0 Å². The van der Waals surface area contributed by atoms with Crippen LogP contribution < -0.4 is 0 Å². The van der Waals surface area contributed by atoms with E-state index in [0.29, 0.717) is 12.5 Å². The molecule has 0 N–H and O–H groups in total. The summed E-state index contributed by atoms with van der Waals surface area (Å²) in [5.74, 6) is 0.315. The molecule has 2 atom stereocenters. The first-order valence-electron chi connectivity index (χ1n) is 7.02. The van der Waals surface area contributed by atoms with Gasteiger partial charge in [0, 0.05) is 18.9 Å². The molecule has 0 bridgehead atoms. The molecule has 0 radical (unpaired) electrons. The fourth-order valence-corrected chi connectivity index (χ4v) is 2.64. The first-order chi connectivity index (χ1) is 8.54. The maximum absolute atomic E-state index is 11.6. The van der Waals surface area contributed by atoms with Crippen molar-refractivity contribution in [1.29, 1.82) is 0 Å². The molecule has 1 aliphatic rings. The third-order valence-corrected chi connectivity index (χ3v) is 3.82. The maximum Gasteiger partial charge on any atom is 0.330 e. The molecule has 1 rings (SSSR count). The topological polar surface area (TPSA) is 35.5 Å². The highest BCUT2D eigenvalue weighted by Crippen LogP contribution is 2.33. The van der Waals surface area contributed by atoms with Gasteiger partial charge in [0.15, 0.2) is 0 Å². The van der Waals surface area contributed by atoms with Gasteiger partial charge >= 0.3 is 5.97 Å². The Balaban J connectivity index is 2.63. The molecule has 1 aliphatic heterocycles. The van der Waals surface area contributed by atoms with Crippen molar-refractivity contribution < 1.29 is 14.3 Å². The Morgan fingerprint density at radius 3 is 2.72 bits per heavy atom. The molecule has 18 heavy (non-hydrogen) atoms. The van der Waals surface area contributed by atoms with Gasteiger partial charge in [-0.05, 0) is 19.8 Å². The maximum atomic E-state index is 11.6. The van der Waals surface area contributed by atoms with Crippen LogP contribution in [0.4, 0.5) is 0 Å². The summed E-state index contributed by atoms with van der Waals surface area (Å²) < 4.78 is 11.4. The summed E-state index contributed by atoms with van der Waals surface area (Å²) in [7, 11) is 0. The number of carbonyl (C=O) groups is 1. The van der Waals surface area contributed by atoms with Crippen molar-refractivity contribution in [3.8, 4) is 0 Å². The summed E-state index contributed by atoms with van der Waals surface area (Å²) in [6, 6.07) is 0. The van der Waals surface area contributed by atoms with Crippen LogP contribution in [0.2, 0.25) is 0 Å². The third kappa shape index (κ3) is 4.13. The highest BCUT2D eigenvalue weighted by Gasteiger charge is 2.38. The Bertz CT molecular complexity index is 294. The lowest BCUT2D eigenvalue weighted by Crippen LogP contribution is -2.44. The number of hydrogen-bond acceptors (Lipinski definition) is 3. The number of carbonyl (C=O) groups excluding carboxylic acids is 1. The van der Waals surface area contributed by atoms with Gasteiger partial charge in [0.25, 0.3) is 0 Å². The highest BCUT2D eigenvalue weighted by atomic mass is 16.6. The molecule has 1 saturated heterocycles. The summed E-state index contributed by atoms with van der Waals surface area (Å²) in [5.41, 5.74) is -0.373. The molecule has 0 amide bonds. The Morgan fingerprint density at radius 1 is 1.50 bits per heavy atom. The van der Waals surface area contributed by atoms with E-state index in [1.54, 1.807) is 6.08 Å². The van der Waals surface area contributed by atoms with E-state index >= 15 is 0 Å². The van der Waals surface area contributed by atoms with Crippen LogP contribution in [0.3, 0.4) is 0 Å². The summed E-state index contributed by atoms with van der Waals surface area (Å²) in [6.07, 6.45) is 7.23. The fourth-order valence-electron chi connectivity index (χ4n) is 2.64. The SMILES string of the molecule is C/C=C/C(=O)OC1(C)CCOC(C(CC)CC)C1. The van der Waals surface area contributed by atoms with Crippen molar-refractivity contribution in [2.24, 2.45) is 5.92 Å². The van der Waals surface area contributed by atoms with Crippen LogP contribution in [0, 0.1) is 5.92 Å². The molecular weight excluding hydrogens is 228 g/mol. The minimum atomic E-state index is -0.373. The fraction of sp³-hybridized carbons (Fsp3) is 0.800. The molecule has 0 aromatic rings. The normalized spacial score (nSPS) is 28.8. The first kappa shape index (κ1) is 15.2. The molecule has 0 aliphatic carbocycles. The Hall–Kier alpha value is -0.830. The average Bonchev–Trinajstić information content (AvgIpc) is 2.30. The lowest BCUT2D eigenvalue weighted by atomic mass is 9.84. The van der Waals surface area contributed by atoms with Crippen LogP contribution in [0.15, 0.2) is 12.2 Å². The van der Waals surface area contributed by atoms with E-state index in [-0.39, 0.29) is 17.7 Å². The van der Waals surface area contributed by atoms with Gasteiger partial charge in [-0.15, -0.1) is 0 Å². The summed E-state index contributed by atoms with van der Waals surface area (Å²) in [4.78, 5) is 11.6. The van der Waals surface area contributed by atoms with Gasteiger partial charge in [-0.3, -0.25) is 0 Å². The number of hydrogen-bond donors (Lipinski definition) is 0. The number of ether oxygens (including phenoxy) is 2. The minimum Gasteiger partial charge on any atom is -0.456 e. The van der Waals surface area contributed by atoms with Crippen LogP contribution in [-0.4, -0.2) is 24.3 Å². The van der Waals surface area contributed by atoms with E-state index in [0.717, 1.165) is 25.7 Å². The lowest BCUT2D eigenvalue weighted by molar-refractivity contribution is -0.170. The standard InChI is InChI=1S/C15H26O3/c1-5-8-14(16)18-15(4)9-10-17-13(11-15)12(6-2)7-3/h5,8,12-13H,6-7,9-11H2,1-4H3/b8-5+. The quantitative estimate of drug-likeness (QED) is 0.556. The zero-order chi connectivity index (χ0) is 13.6. The predicted molar refractivity (Wildman–Crippen MR) is 72.4 cm³/mol. The molecule has 0 saturated carbocycles. The van der Waals surface area contributed by atoms with E-state index < -0.39 is 0 Å². The van der Waals surface area contributed by atoms with Gasteiger partial charge in [-0.2, -0.15) is 0 Å². The van der Waals surface area contributed by atoms with Crippen LogP contribution in [0.1, 0.15) is 53.4 Å². The summed E-state index contributed by atoms with van der Waals surface area (Å²) in [5, 5.41) is 0. The van der Waals surface area contributed by atoms with Crippen LogP contribution in [-0.2, 0) is 14.3 Å².